The highest BCUT2D eigenvalue weighted by Gasteiger charge is 2.31. The van der Waals surface area contributed by atoms with Gasteiger partial charge in [0.05, 0.1) is 11.4 Å². The predicted octanol–water partition coefficient (Wildman–Crippen LogP) is 1.01. The third-order valence-corrected chi connectivity index (χ3v) is 5.13. The average Bonchev–Trinajstić information content (AvgIpc) is 3.52. The fraction of sp³-hybridized carbons (Fsp3) is 0.250. The van der Waals surface area contributed by atoms with Crippen LogP contribution in [0, 0.1) is 6.92 Å². The monoisotopic (exact) mass is 444 g/mol. The number of aromatic nitrogens is 9. The van der Waals surface area contributed by atoms with Crippen molar-refractivity contribution in [3.05, 3.63) is 58.5 Å². The van der Waals surface area contributed by atoms with Gasteiger partial charge >= 0.3 is 5.69 Å². The first-order valence-electron chi connectivity index (χ1n) is 10.4. The molecule has 0 saturated carbocycles. The van der Waals surface area contributed by atoms with Gasteiger partial charge in [0.25, 0.3) is 0 Å². The molecule has 5 heterocycles. The van der Waals surface area contributed by atoms with Crippen molar-refractivity contribution >= 4 is 23.1 Å². The maximum Gasteiger partial charge on any atom is 0.367 e. The highest BCUT2D eigenvalue weighted by atomic mass is 16.2. The molecule has 4 aromatic rings. The highest BCUT2D eigenvalue weighted by Crippen LogP contribution is 2.24. The summed E-state index contributed by atoms with van der Waals surface area (Å²) in [6, 6.07) is 9.25. The molecule has 13 heteroatoms. The Balaban J connectivity index is 1.63. The van der Waals surface area contributed by atoms with Gasteiger partial charge in [0, 0.05) is 19.3 Å². The molecule has 1 aliphatic rings. The summed E-state index contributed by atoms with van der Waals surface area (Å²) in [6.07, 6.45) is 1.66. The maximum atomic E-state index is 12.2. The Bertz CT molecular complexity index is 1420. The molecule has 0 amide bonds. The molecule has 0 atom stereocenters. The van der Waals surface area contributed by atoms with Crippen molar-refractivity contribution in [1.82, 2.24) is 45.0 Å². The SMILES string of the molecule is CCN(CC)c1ccc(N=C2C(n3nn[nH]c3=O)=Nn3nc(-c4ccccn4)nc32)c(C)n1. The Morgan fingerprint density at radius 1 is 1.12 bits per heavy atom. The first-order chi connectivity index (χ1) is 16.1. The minimum absolute atomic E-state index is 0.156. The van der Waals surface area contributed by atoms with Crippen LogP contribution in [-0.2, 0) is 0 Å². The number of tetrazole rings is 1. The zero-order valence-electron chi connectivity index (χ0n) is 18.2. The molecule has 166 valence electrons. The predicted molar refractivity (Wildman–Crippen MR) is 121 cm³/mol. The summed E-state index contributed by atoms with van der Waals surface area (Å²) < 4.78 is 1.02. The number of hydrogen-bond donors (Lipinski definition) is 1. The summed E-state index contributed by atoms with van der Waals surface area (Å²) in [5.74, 6) is 1.77. The van der Waals surface area contributed by atoms with Crippen LogP contribution < -0.4 is 10.6 Å². The van der Waals surface area contributed by atoms with E-state index in [0.717, 1.165) is 29.3 Å². The molecular formula is C20H20N12O. The van der Waals surface area contributed by atoms with Crippen LogP contribution in [0.2, 0.25) is 0 Å². The van der Waals surface area contributed by atoms with E-state index >= 15 is 0 Å². The molecule has 0 saturated heterocycles. The maximum absolute atomic E-state index is 12.2. The minimum atomic E-state index is -0.552. The topological polar surface area (TPSA) is 148 Å². The number of rotatable bonds is 5. The zero-order valence-corrected chi connectivity index (χ0v) is 18.2. The van der Waals surface area contributed by atoms with E-state index in [4.69, 9.17) is 9.98 Å². The lowest BCUT2D eigenvalue weighted by Gasteiger charge is -2.20. The molecule has 0 fully saturated rings. The van der Waals surface area contributed by atoms with Crippen LogP contribution in [0.4, 0.5) is 11.5 Å². The summed E-state index contributed by atoms with van der Waals surface area (Å²) in [6.45, 7) is 7.74. The molecule has 0 unspecified atom stereocenters. The molecule has 0 aliphatic carbocycles. The molecule has 4 aromatic heterocycles. The molecule has 0 radical (unpaired) electrons. The second kappa shape index (κ2) is 8.18. The molecule has 0 aromatic carbocycles. The lowest BCUT2D eigenvalue weighted by atomic mass is 10.2. The van der Waals surface area contributed by atoms with E-state index < -0.39 is 5.69 Å². The van der Waals surface area contributed by atoms with E-state index in [1.54, 1.807) is 12.3 Å². The van der Waals surface area contributed by atoms with E-state index in [1.165, 1.54) is 4.79 Å². The number of anilines is 1. The third-order valence-electron chi connectivity index (χ3n) is 5.13. The average molecular weight is 444 g/mol. The van der Waals surface area contributed by atoms with Gasteiger partial charge in [0.2, 0.25) is 17.5 Å². The lowest BCUT2D eigenvalue weighted by Crippen LogP contribution is -2.31. The Labute approximate surface area is 187 Å². The van der Waals surface area contributed by atoms with Crippen LogP contribution in [0.5, 0.6) is 0 Å². The van der Waals surface area contributed by atoms with Gasteiger partial charge in [-0.1, -0.05) is 6.07 Å². The van der Waals surface area contributed by atoms with Crippen molar-refractivity contribution in [2.45, 2.75) is 20.8 Å². The summed E-state index contributed by atoms with van der Waals surface area (Å²) in [5.41, 5.74) is 1.70. The van der Waals surface area contributed by atoms with Crippen molar-refractivity contribution in [3.8, 4) is 11.5 Å². The number of aromatic amines is 1. The molecule has 0 bridgehead atoms. The second-order valence-corrected chi connectivity index (χ2v) is 7.11. The van der Waals surface area contributed by atoms with Crippen molar-refractivity contribution in [1.29, 1.82) is 0 Å². The quantitative estimate of drug-likeness (QED) is 0.479. The van der Waals surface area contributed by atoms with Gasteiger partial charge in [-0.2, -0.15) is 0 Å². The number of hydrogen-bond acceptors (Lipinski definition) is 10. The minimum Gasteiger partial charge on any atom is -0.357 e. The van der Waals surface area contributed by atoms with E-state index in [9.17, 15) is 4.79 Å². The summed E-state index contributed by atoms with van der Waals surface area (Å²) in [5, 5.41) is 18.4. The Morgan fingerprint density at radius 2 is 1.97 bits per heavy atom. The van der Waals surface area contributed by atoms with E-state index in [2.05, 4.69) is 54.4 Å². The van der Waals surface area contributed by atoms with Crippen molar-refractivity contribution < 1.29 is 0 Å². The Hall–Kier alpha value is -4.55. The molecule has 13 nitrogen and oxygen atoms in total. The van der Waals surface area contributed by atoms with Gasteiger partial charge in [-0.15, -0.1) is 19.7 Å². The van der Waals surface area contributed by atoms with Crippen molar-refractivity contribution in [3.63, 3.8) is 0 Å². The fourth-order valence-electron chi connectivity index (χ4n) is 3.44. The van der Waals surface area contributed by atoms with Crippen LogP contribution in [0.25, 0.3) is 11.5 Å². The normalized spacial score (nSPS) is 13.9. The third kappa shape index (κ3) is 3.58. The Kier molecular flexibility index (Phi) is 5.05. The van der Waals surface area contributed by atoms with Crippen molar-refractivity contribution in [2.24, 2.45) is 10.1 Å². The van der Waals surface area contributed by atoms with Crippen LogP contribution in [-0.4, -0.2) is 69.7 Å². The Morgan fingerprint density at radius 3 is 2.64 bits per heavy atom. The second-order valence-electron chi connectivity index (χ2n) is 7.11. The first kappa shape index (κ1) is 20.4. The number of nitrogens with zero attached hydrogens (tertiary/aromatic N) is 11. The summed E-state index contributed by atoms with van der Waals surface area (Å²) in [7, 11) is 0. The van der Waals surface area contributed by atoms with Gasteiger partial charge in [-0.3, -0.25) is 4.98 Å². The van der Waals surface area contributed by atoms with E-state index in [-0.39, 0.29) is 5.84 Å². The molecule has 0 spiro atoms. The van der Waals surface area contributed by atoms with E-state index in [0.29, 0.717) is 28.7 Å². The number of H-pyrrole nitrogens is 1. The molecule has 1 N–H and O–H groups in total. The van der Waals surface area contributed by atoms with Gasteiger partial charge in [-0.25, -0.2) is 24.9 Å². The van der Waals surface area contributed by atoms with Crippen LogP contribution in [0.1, 0.15) is 25.4 Å². The standard InChI is InChI=1S/C20H20N12O/c1-4-30(5-2)15-10-9-13(12(3)22-15)23-16-18-24-17(14-8-6-7-11-21-14)26-32(18)27-19(16)31-20(33)25-28-29-31/h6-11H,4-5H2,1-3H3,(H,25,29,33). The highest BCUT2D eigenvalue weighted by molar-refractivity contribution is 6.48. The number of aryl methyl sites for hydroxylation is 1. The van der Waals surface area contributed by atoms with Crippen LogP contribution in [0.15, 0.2) is 51.4 Å². The molecule has 33 heavy (non-hydrogen) atoms. The number of pyridine rings is 2. The largest absolute Gasteiger partial charge is 0.367 e. The number of fused-ring (bicyclic) bond motifs is 1. The van der Waals surface area contributed by atoms with Crippen molar-refractivity contribution in [2.75, 3.05) is 18.0 Å². The van der Waals surface area contributed by atoms with Crippen LogP contribution >= 0.6 is 0 Å². The molecule has 5 rings (SSSR count). The zero-order chi connectivity index (χ0) is 22.9. The number of nitrogens with one attached hydrogen (secondary N) is 1. The smallest absolute Gasteiger partial charge is 0.357 e. The van der Waals surface area contributed by atoms with Gasteiger partial charge in [0.15, 0.2) is 5.71 Å². The number of aliphatic imine (C=N–C) groups is 1. The summed E-state index contributed by atoms with van der Waals surface area (Å²) in [4.78, 5) is 34.0. The fourth-order valence-corrected chi connectivity index (χ4v) is 3.44. The first-order valence-corrected chi connectivity index (χ1v) is 10.4. The lowest BCUT2D eigenvalue weighted by molar-refractivity contribution is 0.733. The van der Waals surface area contributed by atoms with E-state index in [1.807, 2.05) is 31.2 Å². The van der Waals surface area contributed by atoms with Gasteiger partial charge < -0.3 is 4.90 Å². The summed E-state index contributed by atoms with van der Waals surface area (Å²) >= 11 is 0. The van der Waals surface area contributed by atoms with Crippen LogP contribution in [0.3, 0.4) is 0 Å². The van der Waals surface area contributed by atoms with Gasteiger partial charge in [-0.05, 0) is 55.5 Å². The van der Waals surface area contributed by atoms with Gasteiger partial charge in [0.1, 0.15) is 11.5 Å². The molecule has 1 aliphatic heterocycles. The molecular weight excluding hydrogens is 424 g/mol.